The molecule has 0 saturated carbocycles. The molecule has 3 rings (SSSR count). The fraction of sp³-hybridized carbons (Fsp3) is 0.182. The molecule has 1 heterocycles. The number of rotatable bonds is 7. The Hall–Kier alpha value is -3.30. The molecule has 32 heavy (non-hydrogen) atoms. The third kappa shape index (κ3) is 5.89. The van der Waals surface area contributed by atoms with Gasteiger partial charge in [-0.3, -0.25) is 9.59 Å². The first-order chi connectivity index (χ1) is 15.3. The van der Waals surface area contributed by atoms with E-state index in [1.165, 1.54) is 19.1 Å². The number of hydrogen-bond acceptors (Lipinski definition) is 6. The molecule has 2 amide bonds. The van der Waals surface area contributed by atoms with E-state index in [1.54, 1.807) is 30.3 Å². The zero-order valence-corrected chi connectivity index (χ0v) is 18.7. The van der Waals surface area contributed by atoms with Gasteiger partial charge in [-0.1, -0.05) is 23.7 Å². The minimum atomic E-state index is -1.00. The number of carboxylic acids is 1. The van der Waals surface area contributed by atoms with Crippen LogP contribution in [0.5, 0.6) is 11.5 Å². The molecule has 10 heteroatoms. The molecule has 8 nitrogen and oxygen atoms in total. The van der Waals surface area contributed by atoms with E-state index < -0.39 is 11.9 Å². The normalized spacial score (nSPS) is 14.3. The van der Waals surface area contributed by atoms with Crippen molar-refractivity contribution in [1.29, 1.82) is 0 Å². The van der Waals surface area contributed by atoms with E-state index in [-0.39, 0.29) is 28.3 Å². The molecule has 0 aliphatic carbocycles. The van der Waals surface area contributed by atoms with E-state index in [4.69, 9.17) is 26.2 Å². The Bertz CT molecular complexity index is 1130. The molecule has 1 aliphatic heterocycles. The molecule has 1 aliphatic rings. The lowest BCUT2D eigenvalue weighted by Gasteiger charge is -2.15. The lowest BCUT2D eigenvalue weighted by molar-refractivity contribution is -0.117. The third-order valence-electron chi connectivity index (χ3n) is 4.12. The molecular formula is C22H19ClN2O6S. The molecule has 0 fully saturated rings. The van der Waals surface area contributed by atoms with Crippen molar-refractivity contribution in [1.82, 2.24) is 5.32 Å². The van der Waals surface area contributed by atoms with Gasteiger partial charge in [0.15, 0.2) is 16.7 Å². The summed E-state index contributed by atoms with van der Waals surface area (Å²) in [5.74, 6) is -1.05. The number of thioether (sulfide) groups is 1. The Balaban J connectivity index is 1.80. The highest BCUT2D eigenvalue weighted by molar-refractivity contribution is 8.18. The second-order valence-electron chi connectivity index (χ2n) is 6.57. The van der Waals surface area contributed by atoms with Crippen LogP contribution in [0.2, 0.25) is 5.02 Å². The first kappa shape index (κ1) is 23.4. The highest BCUT2D eigenvalue weighted by Crippen LogP contribution is 2.39. The minimum Gasteiger partial charge on any atom is -0.490 e. The SMILES string of the molecule is CCOc1cc(C=C2SC(NC(C)=O)=NC2=O)cc(Cl)c1OCc1ccc(C(=O)O)cc1. The van der Waals surface area contributed by atoms with Crippen LogP contribution >= 0.6 is 23.4 Å². The zero-order valence-electron chi connectivity index (χ0n) is 17.2. The number of carbonyl (C=O) groups is 3. The molecule has 2 N–H and O–H groups in total. The summed E-state index contributed by atoms with van der Waals surface area (Å²) in [4.78, 5) is 38.4. The molecular weight excluding hydrogens is 456 g/mol. The molecule has 0 saturated heterocycles. The van der Waals surface area contributed by atoms with E-state index in [2.05, 4.69) is 10.3 Å². The number of carboxylic acid groups (broad SMARTS) is 1. The van der Waals surface area contributed by atoms with Gasteiger partial charge in [0, 0.05) is 6.92 Å². The summed E-state index contributed by atoms with van der Waals surface area (Å²) in [6, 6.07) is 9.63. The van der Waals surface area contributed by atoms with E-state index in [0.29, 0.717) is 28.6 Å². The van der Waals surface area contributed by atoms with Crippen LogP contribution < -0.4 is 14.8 Å². The van der Waals surface area contributed by atoms with E-state index in [9.17, 15) is 14.4 Å². The van der Waals surface area contributed by atoms with Gasteiger partial charge in [0.25, 0.3) is 5.91 Å². The van der Waals surface area contributed by atoms with Crippen molar-refractivity contribution < 1.29 is 29.0 Å². The van der Waals surface area contributed by atoms with Gasteiger partial charge in [-0.2, -0.15) is 4.99 Å². The second kappa shape index (κ2) is 10.3. The summed E-state index contributed by atoms with van der Waals surface area (Å²) in [5, 5.41) is 12.0. The minimum absolute atomic E-state index is 0.155. The molecule has 0 unspecified atom stereocenters. The Morgan fingerprint density at radius 1 is 1.22 bits per heavy atom. The summed E-state index contributed by atoms with van der Waals surface area (Å²) in [5.41, 5.74) is 1.55. The molecule has 166 valence electrons. The number of amidine groups is 1. The van der Waals surface area contributed by atoms with Crippen molar-refractivity contribution in [3.8, 4) is 11.5 Å². The summed E-state index contributed by atoms with van der Waals surface area (Å²) < 4.78 is 11.5. The number of carbonyl (C=O) groups excluding carboxylic acids is 2. The first-order valence-corrected chi connectivity index (χ1v) is 10.7. The van der Waals surface area contributed by atoms with Crippen molar-refractivity contribution >= 4 is 52.4 Å². The second-order valence-corrected chi connectivity index (χ2v) is 8.01. The predicted molar refractivity (Wildman–Crippen MR) is 122 cm³/mol. The largest absolute Gasteiger partial charge is 0.490 e. The van der Waals surface area contributed by atoms with Crippen LogP contribution in [0.1, 0.15) is 35.3 Å². The lowest BCUT2D eigenvalue weighted by atomic mass is 10.1. The highest BCUT2D eigenvalue weighted by Gasteiger charge is 2.23. The molecule has 0 bridgehead atoms. The average molecular weight is 475 g/mol. The van der Waals surface area contributed by atoms with Crippen LogP contribution in [0, 0.1) is 0 Å². The molecule has 0 atom stereocenters. The molecule has 0 spiro atoms. The number of benzene rings is 2. The van der Waals surface area contributed by atoms with Gasteiger partial charge >= 0.3 is 5.97 Å². The summed E-state index contributed by atoms with van der Waals surface area (Å²) in [6.07, 6.45) is 1.61. The fourth-order valence-corrected chi connectivity index (χ4v) is 3.87. The van der Waals surface area contributed by atoms with Gasteiger partial charge in [-0.25, -0.2) is 4.79 Å². The van der Waals surface area contributed by atoms with Gasteiger partial charge in [0.05, 0.1) is 22.1 Å². The van der Waals surface area contributed by atoms with Crippen LogP contribution in [-0.2, 0) is 16.2 Å². The van der Waals surface area contributed by atoms with Crippen LogP contribution in [0.3, 0.4) is 0 Å². The number of ether oxygens (including phenoxy) is 2. The number of aliphatic imine (C=N–C) groups is 1. The number of halogens is 1. The quantitative estimate of drug-likeness (QED) is 0.580. The van der Waals surface area contributed by atoms with Crippen LogP contribution in [0.4, 0.5) is 0 Å². The Labute approximate surface area is 193 Å². The van der Waals surface area contributed by atoms with E-state index in [0.717, 1.165) is 17.3 Å². The average Bonchev–Trinajstić information content (AvgIpc) is 3.05. The molecule has 2 aromatic carbocycles. The Kier molecular flexibility index (Phi) is 7.55. The Morgan fingerprint density at radius 2 is 1.94 bits per heavy atom. The lowest BCUT2D eigenvalue weighted by Crippen LogP contribution is -2.23. The molecule has 2 aromatic rings. The summed E-state index contributed by atoms with van der Waals surface area (Å²) in [7, 11) is 0. The summed E-state index contributed by atoms with van der Waals surface area (Å²) in [6.45, 7) is 3.67. The number of hydrogen-bond donors (Lipinski definition) is 2. The monoisotopic (exact) mass is 474 g/mol. The van der Waals surface area contributed by atoms with Gasteiger partial charge in [0.2, 0.25) is 5.91 Å². The standard InChI is InChI=1S/C22H19ClN2O6S/c1-3-30-17-9-14(10-18-20(27)25-22(32-18)24-12(2)26)8-16(23)19(17)31-11-13-4-6-15(7-5-13)21(28)29/h4-10H,3,11H2,1-2H3,(H,28,29)(H,24,25,26,27). The van der Waals surface area contributed by atoms with Crippen molar-refractivity contribution in [3.63, 3.8) is 0 Å². The topological polar surface area (TPSA) is 114 Å². The zero-order chi connectivity index (χ0) is 23.3. The molecule has 0 radical (unpaired) electrons. The van der Waals surface area contributed by atoms with E-state index in [1.807, 2.05) is 6.92 Å². The maximum atomic E-state index is 12.1. The smallest absolute Gasteiger partial charge is 0.335 e. The fourth-order valence-electron chi connectivity index (χ4n) is 2.74. The van der Waals surface area contributed by atoms with E-state index >= 15 is 0 Å². The Morgan fingerprint density at radius 3 is 2.56 bits per heavy atom. The maximum Gasteiger partial charge on any atom is 0.335 e. The maximum absolute atomic E-state index is 12.1. The van der Waals surface area contributed by atoms with Crippen molar-refractivity contribution in [2.24, 2.45) is 4.99 Å². The van der Waals surface area contributed by atoms with Gasteiger partial charge in [0.1, 0.15) is 6.61 Å². The number of nitrogens with zero attached hydrogens (tertiary/aromatic N) is 1. The first-order valence-electron chi connectivity index (χ1n) is 9.48. The third-order valence-corrected chi connectivity index (χ3v) is 5.30. The van der Waals surface area contributed by atoms with Crippen molar-refractivity contribution in [2.75, 3.05) is 6.61 Å². The summed E-state index contributed by atoms with van der Waals surface area (Å²) >= 11 is 7.49. The van der Waals surface area contributed by atoms with Gasteiger partial charge in [-0.15, -0.1) is 0 Å². The highest BCUT2D eigenvalue weighted by atomic mass is 35.5. The predicted octanol–water partition coefficient (Wildman–Crippen LogP) is 4.12. The number of aromatic carboxylic acids is 1. The number of amides is 2. The number of nitrogens with one attached hydrogen (secondary N) is 1. The molecule has 0 aromatic heterocycles. The van der Waals surface area contributed by atoms with Gasteiger partial charge < -0.3 is 19.9 Å². The van der Waals surface area contributed by atoms with Crippen molar-refractivity contribution in [2.45, 2.75) is 20.5 Å². The van der Waals surface area contributed by atoms with Crippen LogP contribution in [-0.4, -0.2) is 34.7 Å². The van der Waals surface area contributed by atoms with Crippen molar-refractivity contribution in [3.05, 3.63) is 63.0 Å². The van der Waals surface area contributed by atoms with Crippen LogP contribution in [0.25, 0.3) is 6.08 Å². The van der Waals surface area contributed by atoms with Gasteiger partial charge in [-0.05, 0) is 60.2 Å². The van der Waals surface area contributed by atoms with Crippen LogP contribution in [0.15, 0.2) is 46.3 Å².